The molecule has 0 saturated heterocycles. The number of hydrogen-bond donors (Lipinski definition) is 3. The normalized spacial score (nSPS) is 13.8. The smallest absolute Gasteiger partial charge is 0.254 e. The molecule has 4 rings (SSSR count). The molecule has 0 spiro atoms. The van der Waals surface area contributed by atoms with Gasteiger partial charge in [-0.2, -0.15) is 0 Å². The van der Waals surface area contributed by atoms with Crippen LogP contribution in [0.2, 0.25) is 0 Å². The Morgan fingerprint density at radius 2 is 1.48 bits per heavy atom. The molecular formula is C37H43N3O4. The minimum absolute atomic E-state index is 0.0262. The lowest BCUT2D eigenvalue weighted by Gasteiger charge is -2.27. The quantitative estimate of drug-likeness (QED) is 0.180. The standard InChI is InChI=1S/C37H43N3O4/c1-25-14-16-29(17-15-25)26(2)38-24-35(41)34(22-28-10-7-6-8-11-28)39-36(42)31-12-9-13-32(23-31)37(43)40(4)27(3)30-18-20-33(44-5)21-19-30/h6-21,23,26-27,34-35,38,41H,22,24H2,1-5H3,(H,39,42)/t26-,27?,34+,35-/m1/s1. The second-order valence-electron chi connectivity index (χ2n) is 11.3. The van der Waals surface area contributed by atoms with Gasteiger partial charge in [-0.05, 0) is 74.2 Å². The number of nitrogens with zero attached hydrogens (tertiary/aromatic N) is 1. The van der Waals surface area contributed by atoms with Gasteiger partial charge in [0.1, 0.15) is 5.75 Å². The van der Waals surface area contributed by atoms with Gasteiger partial charge in [0.2, 0.25) is 0 Å². The molecule has 4 aromatic carbocycles. The van der Waals surface area contributed by atoms with Gasteiger partial charge in [0, 0.05) is 30.8 Å². The highest BCUT2D eigenvalue weighted by atomic mass is 16.5. The van der Waals surface area contributed by atoms with Crippen molar-refractivity contribution < 1.29 is 19.4 Å². The summed E-state index contributed by atoms with van der Waals surface area (Å²) in [5.41, 5.74) is 5.05. The maximum Gasteiger partial charge on any atom is 0.254 e. The monoisotopic (exact) mass is 593 g/mol. The highest BCUT2D eigenvalue weighted by molar-refractivity contribution is 5.99. The van der Waals surface area contributed by atoms with E-state index in [1.54, 1.807) is 43.3 Å². The lowest BCUT2D eigenvalue weighted by atomic mass is 9.99. The van der Waals surface area contributed by atoms with Crippen LogP contribution >= 0.6 is 0 Å². The number of benzene rings is 4. The number of hydrogen-bond acceptors (Lipinski definition) is 5. The first-order valence-corrected chi connectivity index (χ1v) is 15.0. The molecule has 7 nitrogen and oxygen atoms in total. The number of carbonyl (C=O) groups excluding carboxylic acids is 2. The van der Waals surface area contributed by atoms with Crippen molar-refractivity contribution >= 4 is 11.8 Å². The van der Waals surface area contributed by atoms with E-state index in [0.29, 0.717) is 24.1 Å². The van der Waals surface area contributed by atoms with Gasteiger partial charge in [0.15, 0.2) is 0 Å². The first-order chi connectivity index (χ1) is 21.2. The van der Waals surface area contributed by atoms with E-state index in [2.05, 4.69) is 48.7 Å². The zero-order chi connectivity index (χ0) is 31.6. The number of rotatable bonds is 13. The average molecular weight is 594 g/mol. The summed E-state index contributed by atoms with van der Waals surface area (Å²) >= 11 is 0. The molecule has 0 saturated carbocycles. The van der Waals surface area contributed by atoms with Gasteiger partial charge in [-0.25, -0.2) is 0 Å². The number of ether oxygens (including phenoxy) is 1. The van der Waals surface area contributed by atoms with Crippen LogP contribution < -0.4 is 15.4 Å². The van der Waals surface area contributed by atoms with Crippen molar-refractivity contribution in [2.24, 2.45) is 0 Å². The highest BCUT2D eigenvalue weighted by Gasteiger charge is 2.25. The van der Waals surface area contributed by atoms with E-state index in [0.717, 1.165) is 22.4 Å². The molecule has 44 heavy (non-hydrogen) atoms. The fourth-order valence-electron chi connectivity index (χ4n) is 5.09. The molecular weight excluding hydrogens is 550 g/mol. The van der Waals surface area contributed by atoms with Gasteiger partial charge in [-0.1, -0.05) is 78.4 Å². The van der Waals surface area contributed by atoms with Crippen molar-refractivity contribution in [3.8, 4) is 5.75 Å². The molecule has 4 aromatic rings. The molecule has 2 amide bonds. The van der Waals surface area contributed by atoms with E-state index in [-0.39, 0.29) is 23.9 Å². The van der Waals surface area contributed by atoms with Crippen LogP contribution in [0.4, 0.5) is 0 Å². The number of aliphatic hydroxyl groups is 1. The number of nitrogens with one attached hydrogen (secondary N) is 2. The molecule has 7 heteroatoms. The number of aryl methyl sites for hydroxylation is 1. The van der Waals surface area contributed by atoms with E-state index in [4.69, 9.17) is 4.74 Å². The van der Waals surface area contributed by atoms with E-state index >= 15 is 0 Å². The third-order valence-electron chi connectivity index (χ3n) is 8.16. The summed E-state index contributed by atoms with van der Waals surface area (Å²) in [6.45, 7) is 6.35. The second-order valence-corrected chi connectivity index (χ2v) is 11.3. The van der Waals surface area contributed by atoms with E-state index < -0.39 is 12.1 Å². The maximum atomic E-state index is 13.5. The lowest BCUT2D eigenvalue weighted by Crippen LogP contribution is -2.49. The number of methoxy groups -OCH3 is 1. The van der Waals surface area contributed by atoms with Crippen LogP contribution in [-0.2, 0) is 6.42 Å². The fraction of sp³-hybridized carbons (Fsp3) is 0.297. The number of carbonyl (C=O) groups is 2. The zero-order valence-electron chi connectivity index (χ0n) is 26.2. The minimum Gasteiger partial charge on any atom is -0.497 e. The van der Waals surface area contributed by atoms with E-state index in [9.17, 15) is 14.7 Å². The molecule has 0 fully saturated rings. The van der Waals surface area contributed by atoms with Gasteiger partial charge in [-0.3, -0.25) is 9.59 Å². The summed E-state index contributed by atoms with van der Waals surface area (Å²) < 4.78 is 5.25. The van der Waals surface area contributed by atoms with Crippen LogP contribution in [0.25, 0.3) is 0 Å². The topological polar surface area (TPSA) is 90.9 Å². The lowest BCUT2D eigenvalue weighted by molar-refractivity contribution is 0.0742. The van der Waals surface area contributed by atoms with Crippen molar-refractivity contribution in [2.75, 3.05) is 20.7 Å². The van der Waals surface area contributed by atoms with Crippen LogP contribution in [0.5, 0.6) is 5.75 Å². The molecule has 0 aromatic heterocycles. The molecule has 0 radical (unpaired) electrons. The summed E-state index contributed by atoms with van der Waals surface area (Å²) in [7, 11) is 3.37. The molecule has 0 heterocycles. The van der Waals surface area contributed by atoms with Crippen molar-refractivity contribution in [1.82, 2.24) is 15.5 Å². The largest absolute Gasteiger partial charge is 0.497 e. The van der Waals surface area contributed by atoms with Gasteiger partial charge in [0.05, 0.1) is 25.3 Å². The Kier molecular flexibility index (Phi) is 11.3. The van der Waals surface area contributed by atoms with Crippen LogP contribution in [0.3, 0.4) is 0 Å². The zero-order valence-corrected chi connectivity index (χ0v) is 26.2. The third kappa shape index (κ3) is 8.56. The summed E-state index contributed by atoms with van der Waals surface area (Å²) in [5, 5.41) is 17.7. The van der Waals surface area contributed by atoms with Gasteiger partial charge >= 0.3 is 0 Å². The Hall–Kier alpha value is -4.46. The first kappa shape index (κ1) is 32.5. The Bertz CT molecular complexity index is 1510. The van der Waals surface area contributed by atoms with Crippen LogP contribution in [0.15, 0.2) is 103 Å². The predicted octanol–water partition coefficient (Wildman–Crippen LogP) is 5.89. The predicted molar refractivity (Wildman–Crippen MR) is 175 cm³/mol. The summed E-state index contributed by atoms with van der Waals surface area (Å²) in [5.74, 6) is 0.205. The molecule has 4 atom stereocenters. The maximum absolute atomic E-state index is 13.5. The van der Waals surface area contributed by atoms with Crippen LogP contribution in [-0.4, -0.2) is 54.7 Å². The van der Waals surface area contributed by atoms with Crippen molar-refractivity contribution in [2.45, 2.75) is 51.4 Å². The second kappa shape index (κ2) is 15.3. The van der Waals surface area contributed by atoms with Gasteiger partial charge in [0.25, 0.3) is 11.8 Å². The molecule has 0 aliphatic rings. The molecule has 0 aliphatic heterocycles. The van der Waals surface area contributed by atoms with Gasteiger partial charge < -0.3 is 25.4 Å². The molecule has 3 N–H and O–H groups in total. The first-order valence-electron chi connectivity index (χ1n) is 15.0. The average Bonchev–Trinajstić information content (AvgIpc) is 3.06. The molecule has 0 aliphatic carbocycles. The van der Waals surface area contributed by atoms with Crippen molar-refractivity contribution in [3.63, 3.8) is 0 Å². The Morgan fingerprint density at radius 1 is 0.841 bits per heavy atom. The summed E-state index contributed by atoms with van der Waals surface area (Å²) in [4.78, 5) is 28.6. The molecule has 230 valence electrons. The third-order valence-corrected chi connectivity index (χ3v) is 8.16. The number of amides is 2. The highest BCUT2D eigenvalue weighted by Crippen LogP contribution is 2.23. The number of aliphatic hydroxyl groups excluding tert-OH is 1. The molecule has 1 unspecified atom stereocenters. The van der Waals surface area contributed by atoms with Crippen LogP contribution in [0, 0.1) is 6.92 Å². The van der Waals surface area contributed by atoms with Crippen LogP contribution in [0.1, 0.15) is 68.9 Å². The van der Waals surface area contributed by atoms with Gasteiger partial charge in [-0.15, -0.1) is 0 Å². The van der Waals surface area contributed by atoms with E-state index in [1.165, 1.54) is 5.56 Å². The minimum atomic E-state index is -0.853. The Morgan fingerprint density at radius 3 is 2.14 bits per heavy atom. The molecule has 0 bridgehead atoms. The van der Waals surface area contributed by atoms with Crippen molar-refractivity contribution in [3.05, 3.63) is 137 Å². The Balaban J connectivity index is 1.46. The van der Waals surface area contributed by atoms with E-state index in [1.807, 2.05) is 61.5 Å². The van der Waals surface area contributed by atoms with Crippen molar-refractivity contribution in [1.29, 1.82) is 0 Å². The summed E-state index contributed by atoms with van der Waals surface area (Å²) in [6, 6.07) is 31.7. The SMILES string of the molecule is COc1ccc(C(C)N(C)C(=O)c2cccc(C(=O)N[C@@H](Cc3ccccc3)[C@H](O)CN[C@H](C)c3ccc(C)cc3)c2)cc1. The summed E-state index contributed by atoms with van der Waals surface area (Å²) in [6.07, 6.45) is -0.400. The fourth-order valence-corrected chi connectivity index (χ4v) is 5.09. The Labute approximate surface area is 260 Å².